The van der Waals surface area contributed by atoms with E-state index in [0.29, 0.717) is 12.2 Å². The fourth-order valence-corrected chi connectivity index (χ4v) is 3.19. The Morgan fingerprint density at radius 1 is 1.27 bits per heavy atom. The summed E-state index contributed by atoms with van der Waals surface area (Å²) in [5.74, 6) is -0.432. The van der Waals surface area contributed by atoms with Gasteiger partial charge in [-0.05, 0) is 70.4 Å². The summed E-state index contributed by atoms with van der Waals surface area (Å²) in [6.45, 7) is 8.13. The summed E-state index contributed by atoms with van der Waals surface area (Å²) >= 11 is 0. The van der Waals surface area contributed by atoms with Crippen LogP contribution in [0.3, 0.4) is 0 Å². The second-order valence-corrected chi connectivity index (χ2v) is 7.89. The lowest BCUT2D eigenvalue weighted by Crippen LogP contribution is -2.45. The summed E-state index contributed by atoms with van der Waals surface area (Å²) in [7, 11) is 0. The van der Waals surface area contributed by atoms with Gasteiger partial charge in [-0.3, -0.25) is 14.4 Å². The Hall–Kier alpha value is -2.21. The molecule has 2 heterocycles. The van der Waals surface area contributed by atoms with Crippen molar-refractivity contribution in [2.75, 3.05) is 11.9 Å². The van der Waals surface area contributed by atoms with Crippen LogP contribution >= 0.6 is 0 Å². The molecule has 0 saturated heterocycles. The molecule has 1 aromatic heterocycles. The van der Waals surface area contributed by atoms with Crippen molar-refractivity contribution < 1.29 is 9.18 Å². The third-order valence-corrected chi connectivity index (χ3v) is 4.73. The number of carbonyl (C=O) groups excluding carboxylic acids is 1. The monoisotopic (exact) mass is 358 g/mol. The van der Waals surface area contributed by atoms with Crippen LogP contribution in [0, 0.1) is 5.82 Å². The first-order valence-corrected chi connectivity index (χ1v) is 9.17. The number of fused-ring (bicyclic) bond motifs is 1. The number of aryl methyl sites for hydroxylation is 2. The first-order valence-electron chi connectivity index (χ1n) is 9.17. The Bertz CT molecular complexity index is 738. The zero-order valence-corrected chi connectivity index (χ0v) is 15.8. The van der Waals surface area contributed by atoms with E-state index in [1.165, 1.54) is 30.7 Å². The number of carbonyl (C=O) groups is 1. The van der Waals surface area contributed by atoms with E-state index in [1.807, 2.05) is 0 Å². The highest BCUT2D eigenvalue weighted by molar-refractivity contribution is 5.92. The molecule has 0 unspecified atom stereocenters. The zero-order valence-electron chi connectivity index (χ0n) is 15.8. The van der Waals surface area contributed by atoms with Crippen molar-refractivity contribution in [3.05, 3.63) is 47.5 Å². The molecule has 0 bridgehead atoms. The average molecular weight is 358 g/mol. The molecule has 1 aliphatic heterocycles. The molecule has 26 heavy (non-hydrogen) atoms. The van der Waals surface area contributed by atoms with Crippen LogP contribution in [0.4, 0.5) is 10.1 Å². The van der Waals surface area contributed by atoms with Gasteiger partial charge in [0, 0.05) is 30.0 Å². The van der Waals surface area contributed by atoms with Crippen molar-refractivity contribution in [3.63, 3.8) is 0 Å². The molecule has 2 aromatic rings. The topological polar surface area (TPSA) is 50.2 Å². The summed E-state index contributed by atoms with van der Waals surface area (Å²) in [6, 6.07) is 7.98. The summed E-state index contributed by atoms with van der Waals surface area (Å²) < 4.78 is 15.1. The van der Waals surface area contributed by atoms with Crippen LogP contribution in [0.2, 0.25) is 0 Å². The highest BCUT2D eigenvalue weighted by Gasteiger charge is 2.25. The number of hydrogen-bond acceptors (Lipinski definition) is 3. The molecule has 1 N–H and O–H groups in total. The molecule has 0 fully saturated rings. The molecule has 1 amide bonds. The van der Waals surface area contributed by atoms with Gasteiger partial charge in [-0.1, -0.05) is 0 Å². The number of halogens is 1. The Balaban J connectivity index is 1.67. The third-order valence-electron chi connectivity index (χ3n) is 4.73. The Morgan fingerprint density at radius 2 is 2.00 bits per heavy atom. The molecule has 1 aliphatic rings. The molecule has 0 aliphatic carbocycles. The van der Waals surface area contributed by atoms with E-state index in [1.54, 1.807) is 12.1 Å². The number of rotatable bonds is 5. The van der Waals surface area contributed by atoms with Crippen molar-refractivity contribution in [1.82, 2.24) is 14.7 Å². The molecule has 6 heteroatoms. The fourth-order valence-electron chi connectivity index (χ4n) is 3.19. The van der Waals surface area contributed by atoms with E-state index in [9.17, 15) is 9.18 Å². The summed E-state index contributed by atoms with van der Waals surface area (Å²) in [4.78, 5) is 14.6. The Labute approximate surface area is 154 Å². The Kier molecular flexibility index (Phi) is 5.41. The molecule has 3 rings (SSSR count). The summed E-state index contributed by atoms with van der Waals surface area (Å²) in [5.41, 5.74) is 2.72. The molecule has 140 valence electrons. The van der Waals surface area contributed by atoms with Gasteiger partial charge in [-0.25, -0.2) is 4.39 Å². The van der Waals surface area contributed by atoms with Crippen molar-refractivity contribution >= 4 is 11.6 Å². The zero-order chi connectivity index (χ0) is 18.7. The molecule has 0 atom stereocenters. The van der Waals surface area contributed by atoms with Gasteiger partial charge >= 0.3 is 0 Å². The van der Waals surface area contributed by atoms with Gasteiger partial charge in [0.15, 0.2) is 0 Å². The molecular weight excluding hydrogens is 331 g/mol. The lowest BCUT2D eigenvalue weighted by Gasteiger charge is -2.34. The van der Waals surface area contributed by atoms with Crippen molar-refractivity contribution in [2.45, 2.75) is 58.7 Å². The van der Waals surface area contributed by atoms with E-state index < -0.39 is 0 Å². The van der Waals surface area contributed by atoms with E-state index in [2.05, 4.69) is 41.7 Å². The van der Waals surface area contributed by atoms with Gasteiger partial charge in [-0.2, -0.15) is 5.10 Å². The fraction of sp³-hybridized carbons (Fsp3) is 0.500. The van der Waals surface area contributed by atoms with Crippen LogP contribution in [0.1, 0.15) is 45.0 Å². The average Bonchev–Trinajstić information content (AvgIpc) is 2.98. The minimum atomic E-state index is -0.317. The van der Waals surface area contributed by atoms with E-state index in [4.69, 9.17) is 5.10 Å². The van der Waals surface area contributed by atoms with Gasteiger partial charge in [0.05, 0.1) is 12.2 Å². The second-order valence-electron chi connectivity index (χ2n) is 7.89. The minimum Gasteiger partial charge on any atom is -0.325 e. The predicted molar refractivity (Wildman–Crippen MR) is 100 cm³/mol. The van der Waals surface area contributed by atoms with E-state index in [0.717, 1.165) is 18.7 Å². The molecule has 1 aromatic carbocycles. The summed E-state index contributed by atoms with van der Waals surface area (Å²) in [5, 5.41) is 7.54. The largest absolute Gasteiger partial charge is 0.325 e. The smallest absolute Gasteiger partial charge is 0.238 e. The van der Waals surface area contributed by atoms with Crippen LogP contribution in [-0.4, -0.2) is 32.7 Å². The van der Waals surface area contributed by atoms with E-state index in [-0.39, 0.29) is 23.8 Å². The molecular formula is C20H27FN4O. The third kappa shape index (κ3) is 4.69. The van der Waals surface area contributed by atoms with Crippen LogP contribution < -0.4 is 5.32 Å². The van der Waals surface area contributed by atoms with Gasteiger partial charge in [0.1, 0.15) is 5.82 Å². The number of hydrogen-bond donors (Lipinski definition) is 1. The van der Waals surface area contributed by atoms with Crippen molar-refractivity contribution in [1.29, 1.82) is 0 Å². The minimum absolute atomic E-state index is 0.115. The number of aromatic nitrogens is 2. The Morgan fingerprint density at radius 3 is 2.65 bits per heavy atom. The molecule has 0 saturated carbocycles. The first kappa shape index (κ1) is 18.6. The normalized spacial score (nSPS) is 14.3. The van der Waals surface area contributed by atoms with Gasteiger partial charge < -0.3 is 5.32 Å². The SMILES string of the molecule is CC(C)(C)N(CC(=O)Nc1ccc(F)cc1)Cc1cc2n(n1)CCCC2. The lowest BCUT2D eigenvalue weighted by molar-refractivity contribution is -0.118. The highest BCUT2D eigenvalue weighted by atomic mass is 19.1. The molecule has 0 radical (unpaired) electrons. The number of amides is 1. The van der Waals surface area contributed by atoms with Gasteiger partial charge in [0.2, 0.25) is 5.91 Å². The summed E-state index contributed by atoms with van der Waals surface area (Å²) in [6.07, 6.45) is 3.47. The number of nitrogens with zero attached hydrogens (tertiary/aromatic N) is 3. The standard InChI is InChI=1S/C20H27FN4O/c1-20(2,3)24(13-17-12-18-6-4-5-11-25(18)23-17)14-19(26)22-16-9-7-15(21)8-10-16/h7-10,12H,4-6,11,13-14H2,1-3H3,(H,22,26). The van der Waals surface area contributed by atoms with Crippen LogP contribution in [0.5, 0.6) is 0 Å². The maximum atomic E-state index is 13.0. The van der Waals surface area contributed by atoms with Crippen molar-refractivity contribution in [3.8, 4) is 0 Å². The first-order chi connectivity index (χ1) is 12.3. The maximum Gasteiger partial charge on any atom is 0.238 e. The lowest BCUT2D eigenvalue weighted by atomic mass is 10.1. The van der Waals surface area contributed by atoms with E-state index >= 15 is 0 Å². The number of nitrogens with one attached hydrogen (secondary N) is 1. The number of benzene rings is 1. The number of anilines is 1. The van der Waals surface area contributed by atoms with Crippen LogP contribution in [0.15, 0.2) is 30.3 Å². The second kappa shape index (κ2) is 7.58. The maximum absolute atomic E-state index is 13.0. The quantitative estimate of drug-likeness (QED) is 0.888. The van der Waals surface area contributed by atoms with Gasteiger partial charge in [0.25, 0.3) is 0 Å². The molecule has 5 nitrogen and oxygen atoms in total. The predicted octanol–water partition coefficient (Wildman–Crippen LogP) is 3.60. The van der Waals surface area contributed by atoms with Crippen molar-refractivity contribution in [2.24, 2.45) is 0 Å². The van der Waals surface area contributed by atoms with Crippen LogP contribution in [0.25, 0.3) is 0 Å². The van der Waals surface area contributed by atoms with Gasteiger partial charge in [-0.15, -0.1) is 0 Å². The van der Waals surface area contributed by atoms with Crippen LogP contribution in [-0.2, 0) is 24.3 Å². The highest BCUT2D eigenvalue weighted by Crippen LogP contribution is 2.20. The molecule has 0 spiro atoms.